The average Bonchev–Trinajstić information content (AvgIpc) is 3.01. The van der Waals surface area contributed by atoms with Gasteiger partial charge in [0.15, 0.2) is 0 Å². The van der Waals surface area contributed by atoms with Gasteiger partial charge in [0.25, 0.3) is 0 Å². The van der Waals surface area contributed by atoms with Crippen molar-refractivity contribution < 1.29 is 35.7 Å². The van der Waals surface area contributed by atoms with Crippen LogP contribution in [-0.4, -0.2) is 82.8 Å². The number of imidazole rings is 1. The van der Waals surface area contributed by atoms with E-state index in [2.05, 4.69) is 9.97 Å². The molecule has 9 heteroatoms. The topological polar surface area (TPSA) is 170 Å². The minimum absolute atomic E-state index is 0.0258. The molecule has 1 aromatic carbocycles. The number of aromatic amines is 1. The number of hydrogen-bond acceptors (Lipinski definition) is 8. The number of benzene rings is 1. The number of H-pyrrole nitrogens is 1. The number of hydrogen-bond donors (Lipinski definition) is 8. The lowest BCUT2D eigenvalue weighted by Crippen LogP contribution is -2.51. The van der Waals surface area contributed by atoms with Crippen molar-refractivity contribution in [2.45, 2.75) is 36.6 Å². The van der Waals surface area contributed by atoms with Crippen LogP contribution in [0.5, 0.6) is 0 Å². The second-order valence-corrected chi connectivity index (χ2v) is 5.30. The zero-order valence-corrected chi connectivity index (χ0v) is 12.1. The summed E-state index contributed by atoms with van der Waals surface area (Å²) in [6, 6.07) is 6.87. The van der Waals surface area contributed by atoms with Crippen LogP contribution in [0.2, 0.25) is 0 Å². The molecule has 1 heterocycles. The van der Waals surface area contributed by atoms with E-state index >= 15 is 0 Å². The third-order valence-electron chi connectivity index (χ3n) is 3.64. The Labute approximate surface area is 131 Å². The highest BCUT2D eigenvalue weighted by Crippen LogP contribution is 2.22. The van der Waals surface area contributed by atoms with E-state index in [1.807, 2.05) is 0 Å². The van der Waals surface area contributed by atoms with Gasteiger partial charge in [-0.3, -0.25) is 0 Å². The van der Waals surface area contributed by atoms with Gasteiger partial charge in [0.1, 0.15) is 42.4 Å². The Hall–Kier alpha value is -1.59. The minimum Gasteiger partial charge on any atom is -0.394 e. The van der Waals surface area contributed by atoms with Crippen molar-refractivity contribution in [3.8, 4) is 0 Å². The summed E-state index contributed by atoms with van der Waals surface area (Å²) in [5.74, 6) is -0.0258. The molecule has 9 nitrogen and oxygen atoms in total. The first-order valence-electron chi connectivity index (χ1n) is 7.00. The minimum atomic E-state index is -1.98. The Morgan fingerprint density at radius 2 is 1.48 bits per heavy atom. The van der Waals surface area contributed by atoms with Gasteiger partial charge >= 0.3 is 0 Å². The van der Waals surface area contributed by atoms with Crippen molar-refractivity contribution in [1.82, 2.24) is 9.97 Å². The van der Waals surface area contributed by atoms with Crippen LogP contribution in [0.3, 0.4) is 0 Å². The smallest absolute Gasteiger partial charge is 0.140 e. The van der Waals surface area contributed by atoms with Crippen LogP contribution in [-0.2, 0) is 0 Å². The molecule has 0 bridgehead atoms. The van der Waals surface area contributed by atoms with Crippen LogP contribution in [0, 0.1) is 0 Å². The van der Waals surface area contributed by atoms with Crippen LogP contribution < -0.4 is 0 Å². The maximum atomic E-state index is 10.1. The zero-order valence-electron chi connectivity index (χ0n) is 12.1. The Kier molecular flexibility index (Phi) is 5.65. The van der Waals surface area contributed by atoms with Crippen molar-refractivity contribution >= 4 is 11.0 Å². The molecule has 128 valence electrons. The number of rotatable bonds is 7. The summed E-state index contributed by atoms with van der Waals surface area (Å²) in [5, 5.41) is 67.1. The second-order valence-electron chi connectivity index (χ2n) is 5.30. The fourth-order valence-corrected chi connectivity index (χ4v) is 2.20. The van der Waals surface area contributed by atoms with E-state index in [9.17, 15) is 30.6 Å². The predicted octanol–water partition coefficient (Wildman–Crippen LogP) is -2.61. The van der Waals surface area contributed by atoms with Gasteiger partial charge in [-0.25, -0.2) is 4.98 Å². The van der Waals surface area contributed by atoms with Crippen molar-refractivity contribution in [1.29, 1.82) is 0 Å². The molecule has 23 heavy (non-hydrogen) atoms. The van der Waals surface area contributed by atoms with E-state index in [4.69, 9.17) is 5.11 Å². The molecule has 0 aliphatic carbocycles. The molecule has 0 spiro atoms. The largest absolute Gasteiger partial charge is 0.394 e. The lowest BCUT2D eigenvalue weighted by Gasteiger charge is -2.29. The van der Waals surface area contributed by atoms with Gasteiger partial charge in [-0.2, -0.15) is 0 Å². The summed E-state index contributed by atoms with van der Waals surface area (Å²) in [4.78, 5) is 6.83. The van der Waals surface area contributed by atoms with Crippen LogP contribution in [0.4, 0.5) is 0 Å². The molecule has 0 saturated heterocycles. The van der Waals surface area contributed by atoms with E-state index < -0.39 is 43.2 Å². The number of aliphatic hydroxyl groups is 7. The summed E-state index contributed by atoms with van der Waals surface area (Å²) in [7, 11) is 0. The lowest BCUT2D eigenvalue weighted by atomic mass is 9.96. The molecule has 0 aliphatic rings. The molecule has 0 saturated carbocycles. The molecule has 0 amide bonds. The summed E-state index contributed by atoms with van der Waals surface area (Å²) in [5.41, 5.74) is 1.15. The molecule has 6 atom stereocenters. The zero-order chi connectivity index (χ0) is 17.1. The number of fused-ring (bicyclic) bond motifs is 1. The van der Waals surface area contributed by atoms with Gasteiger partial charge in [0.2, 0.25) is 0 Å². The maximum absolute atomic E-state index is 10.1. The SMILES string of the molecule is OC[C@@H](O)[C@@H](O)[C@@H](O)[C@@H](O)[C@H](O)[C@@H](O)c1nc2ccccc2[nH]1. The monoisotopic (exact) mass is 328 g/mol. The Morgan fingerprint density at radius 1 is 0.870 bits per heavy atom. The summed E-state index contributed by atoms with van der Waals surface area (Å²) in [6.07, 6.45) is -11.1. The summed E-state index contributed by atoms with van der Waals surface area (Å²) in [6.45, 7) is -0.840. The highest BCUT2D eigenvalue weighted by atomic mass is 16.4. The molecular formula is C14H20N2O7. The fraction of sp³-hybridized carbons (Fsp3) is 0.500. The summed E-state index contributed by atoms with van der Waals surface area (Å²) >= 11 is 0. The molecule has 0 radical (unpaired) electrons. The lowest BCUT2D eigenvalue weighted by molar-refractivity contribution is -0.159. The van der Waals surface area contributed by atoms with E-state index in [0.29, 0.717) is 11.0 Å². The van der Waals surface area contributed by atoms with E-state index in [1.54, 1.807) is 24.3 Å². The van der Waals surface area contributed by atoms with Gasteiger partial charge in [0.05, 0.1) is 17.6 Å². The third-order valence-corrected chi connectivity index (χ3v) is 3.64. The van der Waals surface area contributed by atoms with Crippen LogP contribution >= 0.6 is 0 Å². The first kappa shape index (κ1) is 17.8. The summed E-state index contributed by atoms with van der Waals surface area (Å²) < 4.78 is 0. The fourth-order valence-electron chi connectivity index (χ4n) is 2.20. The molecule has 0 fully saturated rings. The number of aliphatic hydroxyl groups excluding tert-OH is 7. The molecule has 0 unspecified atom stereocenters. The molecular weight excluding hydrogens is 308 g/mol. The predicted molar refractivity (Wildman–Crippen MR) is 78.2 cm³/mol. The normalized spacial score (nSPS) is 20.0. The van der Waals surface area contributed by atoms with Gasteiger partial charge in [-0.15, -0.1) is 0 Å². The third kappa shape index (κ3) is 3.67. The molecule has 1 aromatic heterocycles. The van der Waals surface area contributed by atoms with Gasteiger partial charge in [0, 0.05) is 0 Å². The molecule has 0 aliphatic heterocycles. The standard InChI is InChI=1S/C14H20N2O7/c17-5-8(18)9(19)10(20)11(21)12(22)13(23)14-15-6-3-1-2-4-7(6)16-14/h1-4,8-13,17-23H,5H2,(H,15,16)/t8-,9-,10-,11-,12+,13-/m1/s1. The maximum Gasteiger partial charge on any atom is 0.140 e. The van der Waals surface area contributed by atoms with E-state index in [0.717, 1.165) is 0 Å². The van der Waals surface area contributed by atoms with E-state index in [1.165, 1.54) is 0 Å². The Morgan fingerprint density at radius 3 is 2.09 bits per heavy atom. The van der Waals surface area contributed by atoms with E-state index in [-0.39, 0.29) is 5.82 Å². The number of nitrogens with zero attached hydrogens (tertiary/aromatic N) is 1. The molecule has 8 N–H and O–H groups in total. The van der Waals surface area contributed by atoms with Gasteiger partial charge in [-0.05, 0) is 12.1 Å². The first-order chi connectivity index (χ1) is 10.9. The number of nitrogens with one attached hydrogen (secondary N) is 1. The second kappa shape index (κ2) is 7.32. The van der Waals surface area contributed by atoms with Crippen LogP contribution in [0.1, 0.15) is 11.9 Å². The first-order valence-corrected chi connectivity index (χ1v) is 7.00. The molecule has 2 aromatic rings. The van der Waals surface area contributed by atoms with Crippen LogP contribution in [0.25, 0.3) is 11.0 Å². The average molecular weight is 328 g/mol. The van der Waals surface area contributed by atoms with Crippen LogP contribution in [0.15, 0.2) is 24.3 Å². The van der Waals surface area contributed by atoms with Gasteiger partial charge < -0.3 is 40.7 Å². The number of para-hydroxylation sites is 2. The Bertz CT molecular complexity index is 601. The van der Waals surface area contributed by atoms with Crippen molar-refractivity contribution in [2.75, 3.05) is 6.61 Å². The Balaban J connectivity index is 2.13. The van der Waals surface area contributed by atoms with Crippen molar-refractivity contribution in [3.05, 3.63) is 30.1 Å². The molecule has 2 rings (SSSR count). The highest BCUT2D eigenvalue weighted by Gasteiger charge is 2.38. The highest BCUT2D eigenvalue weighted by molar-refractivity contribution is 5.74. The van der Waals surface area contributed by atoms with Gasteiger partial charge in [-0.1, -0.05) is 12.1 Å². The quantitative estimate of drug-likeness (QED) is 0.273. The van der Waals surface area contributed by atoms with Crippen molar-refractivity contribution in [2.24, 2.45) is 0 Å². The van der Waals surface area contributed by atoms with Crippen molar-refractivity contribution in [3.63, 3.8) is 0 Å². The number of aromatic nitrogens is 2.